The summed E-state index contributed by atoms with van der Waals surface area (Å²) in [6.07, 6.45) is 4.27. The number of halogens is 1. The van der Waals surface area contributed by atoms with E-state index < -0.39 is 10.0 Å². The Labute approximate surface area is 85.9 Å². The zero-order valence-electron chi connectivity index (χ0n) is 6.84. The first-order chi connectivity index (χ1) is 5.54. The monoisotopic (exact) mass is 273 g/mol. The fraction of sp³-hybridized carbons (Fsp3) is 1.00. The first-order valence-corrected chi connectivity index (χ1v) is 7.62. The highest BCUT2D eigenvalue weighted by molar-refractivity contribution is 9.10. The van der Waals surface area contributed by atoms with E-state index in [0.717, 1.165) is 12.8 Å². The highest BCUT2D eigenvalue weighted by Gasteiger charge is 2.42. The summed E-state index contributed by atoms with van der Waals surface area (Å²) in [6.45, 7) is 0.572. The average molecular weight is 274 g/mol. The molecule has 0 aliphatic heterocycles. The number of hydrogen-bond donors (Lipinski definition) is 1. The van der Waals surface area contributed by atoms with Crippen LogP contribution in [0.2, 0.25) is 0 Å². The van der Waals surface area contributed by atoms with Gasteiger partial charge in [-0.3, -0.25) is 0 Å². The van der Waals surface area contributed by atoms with E-state index in [-0.39, 0.29) is 9.41 Å². The van der Waals surface area contributed by atoms with E-state index in [2.05, 4.69) is 20.7 Å². The van der Waals surface area contributed by atoms with Gasteiger partial charge < -0.3 is 0 Å². The Kier molecular flexibility index (Phi) is 3.48. The van der Waals surface area contributed by atoms with Crippen LogP contribution in [0, 0.1) is 0 Å². The Morgan fingerprint density at radius 1 is 1.58 bits per heavy atom. The molecule has 0 atom stereocenters. The van der Waals surface area contributed by atoms with Crippen molar-refractivity contribution < 1.29 is 8.42 Å². The number of rotatable bonds is 5. The molecular weight excluding hydrogens is 262 g/mol. The van der Waals surface area contributed by atoms with Crippen molar-refractivity contribution in [3.8, 4) is 0 Å². The first kappa shape index (κ1) is 10.8. The fourth-order valence-corrected chi connectivity index (χ4v) is 2.75. The molecule has 0 heterocycles. The lowest BCUT2D eigenvalue weighted by molar-refractivity contribution is 0.585. The van der Waals surface area contributed by atoms with Crippen LogP contribution in [0.25, 0.3) is 0 Å². The molecule has 1 fully saturated rings. The van der Waals surface area contributed by atoms with Crippen LogP contribution < -0.4 is 4.72 Å². The van der Waals surface area contributed by atoms with Gasteiger partial charge in [0.05, 0.1) is 0 Å². The van der Waals surface area contributed by atoms with E-state index in [1.165, 1.54) is 0 Å². The third kappa shape index (κ3) is 2.90. The predicted molar refractivity (Wildman–Crippen MR) is 56.2 cm³/mol. The number of nitrogens with one attached hydrogen (secondary N) is 1. The van der Waals surface area contributed by atoms with E-state index in [0.29, 0.717) is 6.54 Å². The van der Waals surface area contributed by atoms with E-state index in [9.17, 15) is 8.42 Å². The van der Waals surface area contributed by atoms with Crippen LogP contribution in [0.4, 0.5) is 0 Å². The van der Waals surface area contributed by atoms with Crippen LogP contribution in [0.5, 0.6) is 0 Å². The molecule has 1 rings (SSSR count). The van der Waals surface area contributed by atoms with Gasteiger partial charge in [0, 0.05) is 11.3 Å². The van der Waals surface area contributed by atoms with Crippen molar-refractivity contribution in [2.24, 2.45) is 0 Å². The van der Waals surface area contributed by atoms with Crippen molar-refractivity contribution in [2.45, 2.75) is 17.6 Å². The Balaban J connectivity index is 2.35. The summed E-state index contributed by atoms with van der Waals surface area (Å²) >= 11 is 4.67. The molecule has 0 aromatic heterocycles. The summed E-state index contributed by atoms with van der Waals surface area (Å²) in [7, 11) is -3.07. The quantitative estimate of drug-likeness (QED) is 0.765. The molecule has 1 aliphatic carbocycles. The Bertz CT molecular complexity index is 248. The molecule has 0 aromatic carbocycles. The maximum atomic E-state index is 11.0. The molecule has 0 bridgehead atoms. The average Bonchev–Trinajstić information content (AvgIpc) is 2.82. The minimum atomic E-state index is -3.07. The maximum Gasteiger partial charge on any atom is 0.221 e. The highest BCUT2D eigenvalue weighted by atomic mass is 79.9. The molecular formula is C6H12BrNO2S2. The normalized spacial score (nSPS) is 20.8. The van der Waals surface area contributed by atoms with Crippen molar-refractivity contribution in [1.82, 2.24) is 4.72 Å². The molecule has 1 N–H and O–H groups in total. The lowest BCUT2D eigenvalue weighted by Gasteiger charge is -2.11. The van der Waals surface area contributed by atoms with Gasteiger partial charge in [-0.1, -0.05) is 15.9 Å². The van der Waals surface area contributed by atoms with Gasteiger partial charge in [0.2, 0.25) is 10.0 Å². The molecule has 1 aliphatic rings. The second-order valence-electron chi connectivity index (χ2n) is 2.93. The van der Waals surface area contributed by atoms with Crippen LogP contribution in [0.15, 0.2) is 0 Å². The number of sulfonamides is 1. The van der Waals surface area contributed by atoms with E-state index in [1.54, 1.807) is 11.8 Å². The zero-order valence-corrected chi connectivity index (χ0v) is 10.1. The topological polar surface area (TPSA) is 46.2 Å². The van der Waals surface area contributed by atoms with Crippen LogP contribution in [0.3, 0.4) is 0 Å². The molecule has 0 unspecified atom stereocenters. The van der Waals surface area contributed by atoms with Gasteiger partial charge in [0.15, 0.2) is 0 Å². The molecule has 0 aromatic rings. The van der Waals surface area contributed by atoms with Crippen LogP contribution in [0.1, 0.15) is 12.8 Å². The van der Waals surface area contributed by atoms with Gasteiger partial charge in [-0.2, -0.15) is 11.8 Å². The number of thioether (sulfide) groups is 1. The first-order valence-electron chi connectivity index (χ1n) is 3.62. The summed E-state index contributed by atoms with van der Waals surface area (Å²) in [4.78, 5) is 0. The molecule has 6 heteroatoms. The summed E-state index contributed by atoms with van der Waals surface area (Å²) in [5.74, 6) is 0. The van der Waals surface area contributed by atoms with Gasteiger partial charge >= 0.3 is 0 Å². The van der Waals surface area contributed by atoms with Crippen molar-refractivity contribution in [3.63, 3.8) is 0 Å². The third-order valence-corrected chi connectivity index (χ3v) is 6.10. The molecule has 72 valence electrons. The van der Waals surface area contributed by atoms with Gasteiger partial charge in [-0.15, -0.1) is 0 Å². The molecule has 0 radical (unpaired) electrons. The fourth-order valence-electron chi connectivity index (χ4n) is 0.873. The predicted octanol–water partition coefficient (Wildman–Crippen LogP) is 1.15. The molecule has 0 spiro atoms. The third-order valence-electron chi connectivity index (χ3n) is 2.00. The number of alkyl halides is 1. The smallest absolute Gasteiger partial charge is 0.213 e. The molecule has 12 heavy (non-hydrogen) atoms. The second kappa shape index (κ2) is 3.86. The summed E-state index contributed by atoms with van der Waals surface area (Å²) in [5, 5.41) is 0. The lowest BCUT2D eigenvalue weighted by atomic mass is 10.4. The summed E-state index contributed by atoms with van der Waals surface area (Å²) < 4.78 is 24.8. The minimum Gasteiger partial charge on any atom is -0.213 e. The second-order valence-corrected chi connectivity index (χ2v) is 7.32. The standard InChI is InChI=1S/C6H12BrNO2S2/c1-11-6(2-3-6)4-8-12(9,10)5-7/h8H,2-5H2,1H3. The summed E-state index contributed by atoms with van der Waals surface area (Å²) in [5.41, 5.74) is 0. The van der Waals surface area contributed by atoms with Crippen LogP contribution in [-0.2, 0) is 10.0 Å². The van der Waals surface area contributed by atoms with Gasteiger partial charge in [-0.25, -0.2) is 13.1 Å². The van der Waals surface area contributed by atoms with Gasteiger partial charge in [0.25, 0.3) is 0 Å². The molecule has 0 amide bonds. The Morgan fingerprint density at radius 2 is 2.17 bits per heavy atom. The van der Waals surface area contributed by atoms with Gasteiger partial charge in [0.1, 0.15) is 4.66 Å². The molecule has 3 nitrogen and oxygen atoms in total. The molecule has 1 saturated carbocycles. The largest absolute Gasteiger partial charge is 0.221 e. The van der Waals surface area contributed by atoms with Crippen molar-refractivity contribution >= 4 is 37.7 Å². The Morgan fingerprint density at radius 3 is 2.50 bits per heavy atom. The maximum absolute atomic E-state index is 11.0. The van der Waals surface area contributed by atoms with E-state index >= 15 is 0 Å². The molecule has 0 saturated heterocycles. The van der Waals surface area contributed by atoms with Crippen molar-refractivity contribution in [1.29, 1.82) is 0 Å². The SMILES string of the molecule is CSC1(CNS(=O)(=O)CBr)CC1. The van der Waals surface area contributed by atoms with Crippen LogP contribution >= 0.6 is 27.7 Å². The Hall–Kier alpha value is 0.740. The van der Waals surface area contributed by atoms with E-state index in [4.69, 9.17) is 0 Å². The highest BCUT2D eigenvalue weighted by Crippen LogP contribution is 2.46. The van der Waals surface area contributed by atoms with Crippen LogP contribution in [-0.4, -0.2) is 30.6 Å². The summed E-state index contributed by atoms with van der Waals surface area (Å²) in [6, 6.07) is 0. The van der Waals surface area contributed by atoms with Crippen molar-refractivity contribution in [2.75, 3.05) is 17.5 Å². The lowest BCUT2D eigenvalue weighted by Crippen LogP contribution is -2.32. The zero-order chi connectivity index (χ0) is 9.24. The number of hydrogen-bond acceptors (Lipinski definition) is 3. The van der Waals surface area contributed by atoms with Crippen molar-refractivity contribution in [3.05, 3.63) is 0 Å². The van der Waals surface area contributed by atoms with Gasteiger partial charge in [-0.05, 0) is 19.1 Å². The minimum absolute atomic E-state index is 0.00946. The van der Waals surface area contributed by atoms with E-state index in [1.807, 2.05) is 6.26 Å².